The van der Waals surface area contributed by atoms with Crippen molar-refractivity contribution >= 4 is 23.3 Å². The molecule has 1 aliphatic rings. The van der Waals surface area contributed by atoms with Crippen molar-refractivity contribution in [1.82, 2.24) is 4.90 Å². The van der Waals surface area contributed by atoms with Gasteiger partial charge in [-0.3, -0.25) is 0 Å². The maximum Gasteiger partial charge on any atom is 0.335 e. The molecule has 1 saturated heterocycles. The molecule has 0 amide bonds. The first-order valence-electron chi connectivity index (χ1n) is 6.43. The van der Waals surface area contributed by atoms with Gasteiger partial charge in [-0.15, -0.1) is 0 Å². The number of piperidine rings is 1. The van der Waals surface area contributed by atoms with Crippen LogP contribution in [0.1, 0.15) is 23.2 Å². The zero-order valence-electron chi connectivity index (χ0n) is 11.3. The summed E-state index contributed by atoms with van der Waals surface area (Å²) in [4.78, 5) is 15.4. The number of halogens is 1. The molecule has 104 valence electrons. The maximum atomic E-state index is 10.9. The van der Waals surface area contributed by atoms with E-state index in [-0.39, 0.29) is 5.56 Å². The van der Waals surface area contributed by atoms with Crippen LogP contribution in [0.15, 0.2) is 18.2 Å². The Kier molecular flexibility index (Phi) is 4.32. The first-order valence-corrected chi connectivity index (χ1v) is 6.81. The lowest BCUT2D eigenvalue weighted by Gasteiger charge is -2.36. The number of carbonyl (C=O) groups is 1. The zero-order chi connectivity index (χ0) is 14.0. The van der Waals surface area contributed by atoms with Gasteiger partial charge in [-0.2, -0.15) is 0 Å². The van der Waals surface area contributed by atoms with Crippen LogP contribution < -0.4 is 4.90 Å². The molecule has 0 aromatic heterocycles. The number of nitrogens with zero attached hydrogens (tertiary/aromatic N) is 2. The Bertz CT molecular complexity index is 471. The third-order valence-corrected chi connectivity index (χ3v) is 4.11. The molecule has 0 aliphatic carbocycles. The molecular formula is C14H19ClN2O2. The summed E-state index contributed by atoms with van der Waals surface area (Å²) in [5.41, 5.74) is 1.13. The average Bonchev–Trinajstić information content (AvgIpc) is 2.38. The van der Waals surface area contributed by atoms with Crippen LogP contribution in [-0.2, 0) is 0 Å². The summed E-state index contributed by atoms with van der Waals surface area (Å²) in [5.74, 6) is -0.949. The van der Waals surface area contributed by atoms with E-state index >= 15 is 0 Å². The fourth-order valence-corrected chi connectivity index (χ4v) is 2.82. The summed E-state index contributed by atoms with van der Waals surface area (Å²) in [6.07, 6.45) is 2.20. The molecule has 1 heterocycles. The van der Waals surface area contributed by atoms with Crippen LogP contribution in [0.25, 0.3) is 0 Å². The number of benzene rings is 1. The van der Waals surface area contributed by atoms with E-state index in [0.29, 0.717) is 11.1 Å². The number of carboxylic acid groups (broad SMARTS) is 1. The lowest BCUT2D eigenvalue weighted by molar-refractivity contribution is 0.0697. The summed E-state index contributed by atoms with van der Waals surface area (Å²) in [6.45, 7) is 2.17. The second-order valence-corrected chi connectivity index (χ2v) is 5.52. The second kappa shape index (κ2) is 5.80. The van der Waals surface area contributed by atoms with Crippen molar-refractivity contribution in [3.8, 4) is 0 Å². The van der Waals surface area contributed by atoms with Crippen molar-refractivity contribution in [3.63, 3.8) is 0 Å². The molecule has 0 radical (unpaired) electrons. The summed E-state index contributed by atoms with van der Waals surface area (Å²) in [5, 5.41) is 9.44. The second-order valence-electron chi connectivity index (χ2n) is 5.12. The molecule has 4 nitrogen and oxygen atoms in total. The molecule has 1 aliphatic heterocycles. The molecule has 0 spiro atoms. The van der Waals surface area contributed by atoms with Gasteiger partial charge in [0.25, 0.3) is 0 Å². The van der Waals surface area contributed by atoms with E-state index in [1.54, 1.807) is 12.1 Å². The molecule has 1 N–H and O–H groups in total. The third kappa shape index (κ3) is 3.19. The van der Waals surface area contributed by atoms with Crippen LogP contribution in [0.3, 0.4) is 0 Å². The van der Waals surface area contributed by atoms with Gasteiger partial charge in [-0.1, -0.05) is 11.6 Å². The minimum atomic E-state index is -0.949. The fraction of sp³-hybridized carbons (Fsp3) is 0.500. The Labute approximate surface area is 118 Å². The molecule has 0 unspecified atom stereocenters. The van der Waals surface area contributed by atoms with Gasteiger partial charge in [-0.05, 0) is 51.2 Å². The Balaban J connectivity index is 2.15. The van der Waals surface area contributed by atoms with Crippen molar-refractivity contribution in [1.29, 1.82) is 0 Å². The molecule has 5 heteroatoms. The molecule has 0 atom stereocenters. The predicted octanol–water partition coefficient (Wildman–Crippen LogP) is 2.57. The largest absolute Gasteiger partial charge is 0.478 e. The number of rotatable bonds is 3. The Morgan fingerprint density at radius 1 is 1.42 bits per heavy atom. The Hall–Kier alpha value is -1.26. The van der Waals surface area contributed by atoms with Crippen LogP contribution in [0.2, 0.25) is 5.02 Å². The van der Waals surface area contributed by atoms with Gasteiger partial charge in [0, 0.05) is 13.1 Å². The van der Waals surface area contributed by atoms with Gasteiger partial charge in [0.1, 0.15) is 0 Å². The number of anilines is 1. The van der Waals surface area contributed by atoms with E-state index in [2.05, 4.69) is 16.8 Å². The Morgan fingerprint density at radius 2 is 2.05 bits per heavy atom. The molecule has 1 aromatic rings. The monoisotopic (exact) mass is 282 g/mol. The van der Waals surface area contributed by atoms with Gasteiger partial charge in [-0.25, -0.2) is 4.79 Å². The van der Waals surface area contributed by atoms with E-state index in [9.17, 15) is 4.79 Å². The lowest BCUT2D eigenvalue weighted by Crippen LogP contribution is -2.42. The van der Waals surface area contributed by atoms with Gasteiger partial charge < -0.3 is 14.9 Å². The minimum absolute atomic E-state index is 0.227. The first kappa shape index (κ1) is 14.2. The quantitative estimate of drug-likeness (QED) is 0.925. The van der Waals surface area contributed by atoms with Crippen molar-refractivity contribution in [2.45, 2.75) is 18.9 Å². The molecule has 2 rings (SSSR count). The van der Waals surface area contributed by atoms with Crippen molar-refractivity contribution in [3.05, 3.63) is 28.8 Å². The number of aromatic carboxylic acids is 1. The van der Waals surface area contributed by atoms with E-state index < -0.39 is 5.97 Å². The summed E-state index contributed by atoms with van der Waals surface area (Å²) in [6, 6.07) is 5.38. The topological polar surface area (TPSA) is 43.8 Å². The standard InChI is InChI=1S/C14H19ClN2O2/c1-16-7-5-11(6-8-16)17(2)13-4-3-10(14(18)19)9-12(13)15/h3-4,9,11H,5-8H2,1-2H3,(H,18,19). The smallest absolute Gasteiger partial charge is 0.335 e. The number of carboxylic acids is 1. The molecule has 0 saturated carbocycles. The van der Waals surface area contributed by atoms with E-state index in [0.717, 1.165) is 31.6 Å². The number of hydrogen-bond acceptors (Lipinski definition) is 3. The summed E-state index contributed by atoms with van der Waals surface area (Å²) >= 11 is 6.20. The van der Waals surface area contributed by atoms with Crippen LogP contribution in [-0.4, -0.2) is 49.2 Å². The van der Waals surface area contributed by atoms with Gasteiger partial charge in [0.2, 0.25) is 0 Å². The summed E-state index contributed by atoms with van der Waals surface area (Å²) < 4.78 is 0. The van der Waals surface area contributed by atoms with Crippen molar-refractivity contribution in [2.24, 2.45) is 0 Å². The van der Waals surface area contributed by atoms with Crippen LogP contribution in [0.4, 0.5) is 5.69 Å². The first-order chi connectivity index (χ1) is 8.99. The Morgan fingerprint density at radius 3 is 2.58 bits per heavy atom. The van der Waals surface area contributed by atoms with E-state index in [4.69, 9.17) is 16.7 Å². The zero-order valence-corrected chi connectivity index (χ0v) is 12.0. The normalized spacial score (nSPS) is 17.4. The highest BCUT2D eigenvalue weighted by molar-refractivity contribution is 6.33. The van der Waals surface area contributed by atoms with Crippen LogP contribution in [0.5, 0.6) is 0 Å². The summed E-state index contributed by atoms with van der Waals surface area (Å²) in [7, 11) is 4.16. The van der Waals surface area contributed by atoms with E-state index in [1.165, 1.54) is 6.07 Å². The fourth-order valence-electron chi connectivity index (χ4n) is 2.50. The molecular weight excluding hydrogens is 264 g/mol. The van der Waals surface area contributed by atoms with E-state index in [1.807, 2.05) is 7.05 Å². The predicted molar refractivity (Wildman–Crippen MR) is 77.3 cm³/mol. The highest BCUT2D eigenvalue weighted by atomic mass is 35.5. The molecule has 19 heavy (non-hydrogen) atoms. The highest BCUT2D eigenvalue weighted by Gasteiger charge is 2.22. The van der Waals surface area contributed by atoms with Crippen LogP contribution >= 0.6 is 11.6 Å². The molecule has 1 aromatic carbocycles. The minimum Gasteiger partial charge on any atom is -0.478 e. The van der Waals surface area contributed by atoms with Gasteiger partial charge in [0.15, 0.2) is 0 Å². The van der Waals surface area contributed by atoms with Gasteiger partial charge >= 0.3 is 5.97 Å². The average molecular weight is 283 g/mol. The maximum absolute atomic E-state index is 10.9. The van der Waals surface area contributed by atoms with Crippen molar-refractivity contribution < 1.29 is 9.90 Å². The number of likely N-dealkylation sites (tertiary alicyclic amines) is 1. The van der Waals surface area contributed by atoms with Crippen LogP contribution in [0, 0.1) is 0 Å². The molecule has 1 fully saturated rings. The lowest BCUT2D eigenvalue weighted by atomic mass is 10.0. The molecule has 0 bridgehead atoms. The van der Waals surface area contributed by atoms with Crippen molar-refractivity contribution in [2.75, 3.05) is 32.1 Å². The number of hydrogen-bond donors (Lipinski definition) is 1. The van der Waals surface area contributed by atoms with Gasteiger partial charge in [0.05, 0.1) is 16.3 Å². The SMILES string of the molecule is CN1CCC(N(C)c2ccc(C(=O)O)cc2Cl)CC1. The third-order valence-electron chi connectivity index (χ3n) is 3.81. The highest BCUT2D eigenvalue weighted by Crippen LogP contribution is 2.29.